The summed E-state index contributed by atoms with van der Waals surface area (Å²) in [6.45, 7) is 2.24. The molecule has 9 rings (SSSR count). The van der Waals surface area contributed by atoms with Gasteiger partial charge in [0.25, 0.3) is 0 Å². The van der Waals surface area contributed by atoms with Gasteiger partial charge in [0.05, 0.1) is 11.0 Å². The molecule has 7 aromatic carbocycles. The quantitative estimate of drug-likeness (QED) is 0.196. The Kier molecular flexibility index (Phi) is 5.58. The molecule has 1 aliphatic carbocycles. The minimum atomic E-state index is 0.974. The SMILES string of the molecule is Cc1c2ccccc2c(-c2ccc3cc(-n4c(-c5ccc6c(c5)=CCCC=6)nc5ccccc54)ccc3c2)c2ccccc12. The van der Waals surface area contributed by atoms with Crippen LogP contribution in [0.1, 0.15) is 18.4 Å². The third kappa shape index (κ3) is 3.84. The van der Waals surface area contributed by atoms with Crippen molar-refractivity contribution in [2.45, 2.75) is 19.8 Å². The van der Waals surface area contributed by atoms with E-state index in [-0.39, 0.29) is 0 Å². The van der Waals surface area contributed by atoms with Crippen LogP contribution in [0.3, 0.4) is 0 Å². The molecule has 2 heteroatoms. The van der Waals surface area contributed by atoms with Gasteiger partial charge in [-0.05, 0) is 116 Å². The zero-order chi connectivity index (χ0) is 29.2. The van der Waals surface area contributed by atoms with Crippen LogP contribution in [-0.4, -0.2) is 9.55 Å². The average Bonchev–Trinajstić information content (AvgIpc) is 3.48. The van der Waals surface area contributed by atoms with Crippen molar-refractivity contribution in [3.8, 4) is 28.2 Å². The molecule has 0 saturated heterocycles. The van der Waals surface area contributed by atoms with Gasteiger partial charge in [-0.2, -0.15) is 0 Å². The van der Waals surface area contributed by atoms with E-state index in [1.54, 1.807) is 0 Å². The summed E-state index contributed by atoms with van der Waals surface area (Å²) in [5.41, 5.74) is 8.26. The Morgan fingerprint density at radius 3 is 1.98 bits per heavy atom. The van der Waals surface area contributed by atoms with Crippen LogP contribution >= 0.6 is 0 Å². The van der Waals surface area contributed by atoms with Crippen molar-refractivity contribution in [2.24, 2.45) is 0 Å². The van der Waals surface area contributed by atoms with Crippen molar-refractivity contribution >= 4 is 55.5 Å². The monoisotopic (exact) mass is 562 g/mol. The first-order valence-corrected chi connectivity index (χ1v) is 15.5. The predicted octanol–water partition coefficient (Wildman–Crippen LogP) is 9.48. The second-order valence-electron chi connectivity index (χ2n) is 11.9. The highest BCUT2D eigenvalue weighted by atomic mass is 15.1. The van der Waals surface area contributed by atoms with E-state index < -0.39 is 0 Å². The lowest BCUT2D eigenvalue weighted by atomic mass is 9.88. The number of para-hydroxylation sites is 2. The number of fused-ring (bicyclic) bond motifs is 5. The zero-order valence-electron chi connectivity index (χ0n) is 24.6. The number of rotatable bonds is 3. The molecule has 1 aromatic heterocycles. The van der Waals surface area contributed by atoms with Gasteiger partial charge in [-0.15, -0.1) is 0 Å². The predicted molar refractivity (Wildman–Crippen MR) is 187 cm³/mol. The van der Waals surface area contributed by atoms with Crippen LogP contribution in [0.15, 0.2) is 127 Å². The van der Waals surface area contributed by atoms with Gasteiger partial charge in [-0.1, -0.05) is 103 Å². The molecule has 0 unspecified atom stereocenters. The lowest BCUT2D eigenvalue weighted by molar-refractivity contribution is 1.10. The van der Waals surface area contributed by atoms with Crippen LogP contribution in [0.2, 0.25) is 0 Å². The first-order chi connectivity index (χ1) is 21.7. The van der Waals surface area contributed by atoms with Crippen LogP contribution in [0, 0.1) is 6.92 Å². The summed E-state index contributed by atoms with van der Waals surface area (Å²) in [4.78, 5) is 5.15. The van der Waals surface area contributed by atoms with Crippen molar-refractivity contribution in [3.63, 3.8) is 0 Å². The fourth-order valence-corrected chi connectivity index (χ4v) is 7.22. The molecular formula is C42H30N2. The molecule has 208 valence electrons. The highest BCUT2D eigenvalue weighted by Crippen LogP contribution is 2.40. The molecule has 44 heavy (non-hydrogen) atoms. The van der Waals surface area contributed by atoms with E-state index in [1.165, 1.54) is 59.4 Å². The maximum Gasteiger partial charge on any atom is 0.145 e. The third-order valence-corrected chi connectivity index (χ3v) is 9.37. The van der Waals surface area contributed by atoms with E-state index in [1.807, 2.05) is 0 Å². The Bertz CT molecular complexity index is 2510. The number of aromatic nitrogens is 2. The summed E-state index contributed by atoms with van der Waals surface area (Å²) in [5, 5.41) is 10.3. The highest BCUT2D eigenvalue weighted by Gasteiger charge is 2.16. The second kappa shape index (κ2) is 9.79. The molecule has 0 bridgehead atoms. The molecule has 0 saturated carbocycles. The number of hydrogen-bond donors (Lipinski definition) is 0. The molecule has 0 fully saturated rings. The molecule has 0 N–H and O–H groups in total. The lowest BCUT2D eigenvalue weighted by Crippen LogP contribution is -2.26. The summed E-state index contributed by atoms with van der Waals surface area (Å²) in [7, 11) is 0. The zero-order valence-corrected chi connectivity index (χ0v) is 24.6. The molecule has 1 heterocycles. The van der Waals surface area contributed by atoms with Gasteiger partial charge >= 0.3 is 0 Å². The van der Waals surface area contributed by atoms with Crippen LogP contribution < -0.4 is 10.4 Å². The molecular weight excluding hydrogens is 532 g/mol. The van der Waals surface area contributed by atoms with Crippen molar-refractivity contribution < 1.29 is 0 Å². The fraction of sp³-hybridized carbons (Fsp3) is 0.0714. The molecule has 0 atom stereocenters. The Labute approximate surface area is 255 Å². The highest BCUT2D eigenvalue weighted by molar-refractivity contribution is 6.15. The average molecular weight is 563 g/mol. The molecule has 0 spiro atoms. The number of imidazole rings is 1. The number of aryl methyl sites for hydroxylation is 1. The van der Waals surface area contributed by atoms with Gasteiger partial charge in [-0.25, -0.2) is 4.98 Å². The van der Waals surface area contributed by atoms with Gasteiger partial charge in [0, 0.05) is 11.3 Å². The Morgan fingerprint density at radius 1 is 0.545 bits per heavy atom. The largest absolute Gasteiger partial charge is 0.292 e. The maximum absolute atomic E-state index is 5.15. The summed E-state index contributed by atoms with van der Waals surface area (Å²) in [5.74, 6) is 0.974. The molecule has 2 nitrogen and oxygen atoms in total. The third-order valence-electron chi connectivity index (χ3n) is 9.37. The molecule has 1 aliphatic rings. The van der Waals surface area contributed by atoms with E-state index in [4.69, 9.17) is 4.98 Å². The van der Waals surface area contributed by atoms with Crippen molar-refractivity contribution in [2.75, 3.05) is 0 Å². The number of hydrogen-bond acceptors (Lipinski definition) is 1. The van der Waals surface area contributed by atoms with E-state index in [0.717, 1.165) is 41.0 Å². The topological polar surface area (TPSA) is 17.8 Å². The van der Waals surface area contributed by atoms with Gasteiger partial charge < -0.3 is 0 Å². The molecule has 0 amide bonds. The van der Waals surface area contributed by atoms with Crippen LogP contribution in [0.5, 0.6) is 0 Å². The van der Waals surface area contributed by atoms with Gasteiger partial charge in [0.1, 0.15) is 5.82 Å². The van der Waals surface area contributed by atoms with E-state index in [0.29, 0.717) is 0 Å². The van der Waals surface area contributed by atoms with Crippen molar-refractivity contribution in [1.29, 1.82) is 0 Å². The molecule has 8 aromatic rings. The van der Waals surface area contributed by atoms with Gasteiger partial charge in [-0.3, -0.25) is 4.57 Å². The Balaban J connectivity index is 1.23. The van der Waals surface area contributed by atoms with E-state index >= 15 is 0 Å². The first kappa shape index (κ1) is 25.1. The smallest absolute Gasteiger partial charge is 0.145 e. The Hall–Kier alpha value is -5.47. The van der Waals surface area contributed by atoms with Gasteiger partial charge in [0.15, 0.2) is 0 Å². The minimum absolute atomic E-state index is 0.974. The molecule has 0 aliphatic heterocycles. The number of nitrogens with zero attached hydrogens (tertiary/aromatic N) is 2. The van der Waals surface area contributed by atoms with E-state index in [2.05, 4.69) is 151 Å². The lowest BCUT2D eigenvalue weighted by Gasteiger charge is -2.16. The summed E-state index contributed by atoms with van der Waals surface area (Å²) >= 11 is 0. The van der Waals surface area contributed by atoms with Crippen molar-refractivity contribution in [3.05, 3.63) is 143 Å². The molecule has 0 radical (unpaired) electrons. The summed E-state index contributed by atoms with van der Waals surface area (Å²) < 4.78 is 2.32. The second-order valence-corrected chi connectivity index (χ2v) is 11.9. The summed E-state index contributed by atoms with van der Waals surface area (Å²) in [6.07, 6.45) is 6.88. The minimum Gasteiger partial charge on any atom is -0.292 e. The van der Waals surface area contributed by atoms with Crippen LogP contribution in [0.4, 0.5) is 0 Å². The van der Waals surface area contributed by atoms with Gasteiger partial charge in [0.2, 0.25) is 0 Å². The normalized spacial score (nSPS) is 12.8. The standard InChI is InChI=1S/C42H30N2/c1-27-35-12-4-6-14-37(35)41(38-15-7-5-13-36(27)38)32-20-19-31-26-34(23-22-30(31)24-32)44-40-17-9-8-16-39(40)43-42(44)33-21-18-28-10-2-3-11-29(28)25-33/h4-26H,2-3H2,1H3. The van der Waals surface area contributed by atoms with Crippen LogP contribution in [0.25, 0.3) is 83.7 Å². The first-order valence-electron chi connectivity index (χ1n) is 15.5. The fourth-order valence-electron chi connectivity index (χ4n) is 7.22. The maximum atomic E-state index is 5.15. The van der Waals surface area contributed by atoms with E-state index in [9.17, 15) is 0 Å². The Morgan fingerprint density at radius 2 is 1.18 bits per heavy atom. The number of benzene rings is 7. The summed E-state index contributed by atoms with van der Waals surface area (Å²) in [6, 6.07) is 46.6. The van der Waals surface area contributed by atoms with Crippen molar-refractivity contribution in [1.82, 2.24) is 9.55 Å². The van der Waals surface area contributed by atoms with Crippen LogP contribution in [-0.2, 0) is 0 Å².